The van der Waals surface area contributed by atoms with E-state index in [1.54, 1.807) is 12.3 Å². The van der Waals surface area contributed by atoms with Gasteiger partial charge in [-0.25, -0.2) is 4.98 Å². The minimum absolute atomic E-state index is 0.0634. The van der Waals surface area contributed by atoms with Crippen LogP contribution in [-0.2, 0) is 6.42 Å². The monoisotopic (exact) mass is 399 g/mol. The van der Waals surface area contributed by atoms with E-state index in [0.29, 0.717) is 11.8 Å². The number of fused-ring (bicyclic) bond motifs is 3. The summed E-state index contributed by atoms with van der Waals surface area (Å²) in [5.41, 5.74) is 5.87. The van der Waals surface area contributed by atoms with E-state index in [0.717, 1.165) is 34.8 Å². The summed E-state index contributed by atoms with van der Waals surface area (Å²) < 4.78 is 0. The Hall–Kier alpha value is -3.36. The highest BCUT2D eigenvalue weighted by atomic mass is 35.5. The van der Waals surface area contributed by atoms with Crippen LogP contribution in [0.15, 0.2) is 54.7 Å². The summed E-state index contributed by atoms with van der Waals surface area (Å²) in [6.07, 6.45) is 2.51. The number of rotatable bonds is 2. The van der Waals surface area contributed by atoms with Gasteiger partial charge in [-0.15, -0.1) is 0 Å². The molecule has 3 heterocycles. The summed E-state index contributed by atoms with van der Waals surface area (Å²) in [7, 11) is 0. The van der Waals surface area contributed by atoms with Gasteiger partial charge in [-0.3, -0.25) is 0 Å². The predicted octanol–water partition coefficient (Wildman–Crippen LogP) is 5.62. The molecule has 0 bridgehead atoms. The molecule has 2 aromatic heterocycles. The molecule has 1 atom stereocenters. The van der Waals surface area contributed by atoms with Crippen molar-refractivity contribution in [1.82, 2.24) is 15.0 Å². The molecule has 0 saturated carbocycles. The minimum Gasteiger partial charge on any atom is -0.360 e. The first-order valence-electron chi connectivity index (χ1n) is 9.48. The molecule has 1 unspecified atom stereocenters. The first kappa shape index (κ1) is 17.7. The third kappa shape index (κ3) is 3.02. The van der Waals surface area contributed by atoms with Crippen LogP contribution in [0.4, 0.5) is 11.8 Å². The number of anilines is 1. The normalized spacial score (nSPS) is 15.9. The summed E-state index contributed by atoms with van der Waals surface area (Å²) in [6, 6.07) is 16.1. The van der Waals surface area contributed by atoms with Crippen molar-refractivity contribution in [3.8, 4) is 0 Å². The number of nitrogens with one attached hydrogen (secondary N) is 1. The Kier molecular flexibility index (Phi) is 4.22. The second-order valence-corrected chi connectivity index (χ2v) is 7.73. The second-order valence-electron chi connectivity index (χ2n) is 7.29. The lowest BCUT2D eigenvalue weighted by molar-refractivity contribution is 0.627. The van der Waals surface area contributed by atoms with Crippen LogP contribution in [-0.4, -0.2) is 21.5 Å². The Morgan fingerprint density at radius 2 is 2.00 bits per heavy atom. The molecule has 0 fully saturated rings. The van der Waals surface area contributed by atoms with Crippen LogP contribution in [0.2, 0.25) is 5.02 Å². The smallest absolute Gasteiger partial charge is 0.322 e. The van der Waals surface area contributed by atoms with Crippen molar-refractivity contribution in [2.45, 2.75) is 19.4 Å². The SMILES string of the molecule is [C-]#[N+]c1ccnc(N2CCc3c([nH]c4ccc(Cl)cc34)C2c2ccc(C)cc2)n1. The predicted molar refractivity (Wildman–Crippen MR) is 116 cm³/mol. The number of H-pyrrole nitrogens is 1. The third-order valence-corrected chi connectivity index (χ3v) is 5.72. The van der Waals surface area contributed by atoms with Crippen molar-refractivity contribution >= 4 is 34.3 Å². The van der Waals surface area contributed by atoms with Gasteiger partial charge in [0, 0.05) is 34.4 Å². The molecule has 142 valence electrons. The molecule has 0 spiro atoms. The van der Waals surface area contributed by atoms with Crippen molar-refractivity contribution < 1.29 is 0 Å². The number of hydrogen-bond acceptors (Lipinski definition) is 3. The molecule has 0 amide bonds. The maximum Gasteiger partial charge on any atom is 0.322 e. The molecule has 1 N–H and O–H groups in total. The van der Waals surface area contributed by atoms with Gasteiger partial charge in [0.05, 0.1) is 6.04 Å². The first-order chi connectivity index (χ1) is 14.1. The van der Waals surface area contributed by atoms with E-state index in [9.17, 15) is 0 Å². The maximum absolute atomic E-state index is 7.30. The number of hydrogen-bond donors (Lipinski definition) is 1. The molecule has 5 nitrogen and oxygen atoms in total. The van der Waals surface area contributed by atoms with Gasteiger partial charge < -0.3 is 14.7 Å². The van der Waals surface area contributed by atoms with Gasteiger partial charge in [0.25, 0.3) is 5.82 Å². The zero-order valence-corrected chi connectivity index (χ0v) is 16.6. The van der Waals surface area contributed by atoms with E-state index in [2.05, 4.69) is 55.9 Å². The molecule has 1 aliphatic heterocycles. The van der Waals surface area contributed by atoms with Crippen LogP contribution in [0.3, 0.4) is 0 Å². The van der Waals surface area contributed by atoms with Crippen LogP contribution in [0.25, 0.3) is 15.7 Å². The van der Waals surface area contributed by atoms with Crippen molar-refractivity contribution in [3.05, 3.63) is 93.6 Å². The summed E-state index contributed by atoms with van der Waals surface area (Å²) in [6.45, 7) is 10.1. The molecule has 0 saturated heterocycles. The van der Waals surface area contributed by atoms with Crippen molar-refractivity contribution in [1.29, 1.82) is 0 Å². The highest BCUT2D eigenvalue weighted by molar-refractivity contribution is 6.31. The maximum atomic E-state index is 7.30. The summed E-state index contributed by atoms with van der Waals surface area (Å²) in [5, 5.41) is 1.90. The fourth-order valence-electron chi connectivity index (χ4n) is 4.11. The number of aromatic amines is 1. The molecule has 29 heavy (non-hydrogen) atoms. The van der Waals surface area contributed by atoms with Gasteiger partial charge >= 0.3 is 5.95 Å². The quantitative estimate of drug-likeness (QED) is 0.445. The average Bonchev–Trinajstić information content (AvgIpc) is 3.11. The second kappa shape index (κ2) is 6.91. The largest absolute Gasteiger partial charge is 0.360 e. The van der Waals surface area contributed by atoms with Crippen molar-refractivity contribution in [2.24, 2.45) is 0 Å². The van der Waals surface area contributed by atoms with E-state index < -0.39 is 0 Å². The fourth-order valence-corrected chi connectivity index (χ4v) is 4.28. The molecule has 5 rings (SSSR count). The van der Waals surface area contributed by atoms with Gasteiger partial charge in [0.2, 0.25) is 0 Å². The zero-order valence-electron chi connectivity index (χ0n) is 15.9. The Morgan fingerprint density at radius 3 is 2.79 bits per heavy atom. The average molecular weight is 400 g/mol. The zero-order chi connectivity index (χ0) is 20.0. The van der Waals surface area contributed by atoms with Crippen LogP contribution >= 0.6 is 11.6 Å². The van der Waals surface area contributed by atoms with Crippen molar-refractivity contribution in [3.63, 3.8) is 0 Å². The van der Waals surface area contributed by atoms with Gasteiger partial charge in [-0.2, -0.15) is 0 Å². The van der Waals surface area contributed by atoms with Crippen molar-refractivity contribution in [2.75, 3.05) is 11.4 Å². The summed E-state index contributed by atoms with van der Waals surface area (Å²) in [5.74, 6) is 0.929. The summed E-state index contributed by atoms with van der Waals surface area (Å²) >= 11 is 6.27. The topological polar surface area (TPSA) is 49.2 Å². The Morgan fingerprint density at radius 1 is 1.17 bits per heavy atom. The number of benzene rings is 2. The molecule has 1 aliphatic rings. The number of nitrogens with zero attached hydrogens (tertiary/aromatic N) is 4. The third-order valence-electron chi connectivity index (χ3n) is 5.48. The van der Waals surface area contributed by atoms with Gasteiger partial charge in [-0.1, -0.05) is 53.0 Å². The van der Waals surface area contributed by atoms with E-state index in [1.807, 2.05) is 18.2 Å². The molecule has 2 aromatic carbocycles. The van der Waals surface area contributed by atoms with E-state index >= 15 is 0 Å². The first-order valence-corrected chi connectivity index (χ1v) is 9.85. The van der Waals surface area contributed by atoms with Gasteiger partial charge in [0.1, 0.15) is 0 Å². The lowest BCUT2D eigenvalue weighted by atomic mass is 9.92. The van der Waals surface area contributed by atoms with Crippen LogP contribution in [0.5, 0.6) is 0 Å². The number of aryl methyl sites for hydroxylation is 1. The molecule has 6 heteroatoms. The molecule has 4 aromatic rings. The van der Waals surface area contributed by atoms with Gasteiger partial charge in [0.15, 0.2) is 0 Å². The Balaban J connectivity index is 1.71. The van der Waals surface area contributed by atoms with E-state index in [-0.39, 0.29) is 6.04 Å². The van der Waals surface area contributed by atoms with Gasteiger partial charge in [-0.05, 0) is 48.7 Å². The van der Waals surface area contributed by atoms with Crippen LogP contribution < -0.4 is 4.90 Å². The summed E-state index contributed by atoms with van der Waals surface area (Å²) in [4.78, 5) is 18.2. The Labute approximate surface area is 173 Å². The fraction of sp³-hybridized carbons (Fsp3) is 0.174. The lowest BCUT2D eigenvalue weighted by Crippen LogP contribution is -2.37. The standard InChI is InChI=1S/C23H18ClN5/c1-14-3-5-15(6-4-14)22-21-17(18-13-16(24)7-8-19(18)27-21)10-12-29(22)23-26-11-9-20(25-2)28-23/h3-9,11,13,22,27H,10,12H2,1H3. The van der Waals surface area contributed by atoms with Crippen LogP contribution in [0.1, 0.15) is 28.4 Å². The number of aromatic nitrogens is 3. The van der Waals surface area contributed by atoms with Crippen LogP contribution in [0, 0.1) is 13.5 Å². The molecule has 0 radical (unpaired) electrons. The minimum atomic E-state index is -0.0634. The highest BCUT2D eigenvalue weighted by Gasteiger charge is 2.34. The Bertz CT molecular complexity index is 1250. The molecule has 0 aliphatic carbocycles. The number of halogens is 1. The molecular formula is C23H18ClN5. The highest BCUT2D eigenvalue weighted by Crippen LogP contribution is 2.40. The lowest BCUT2D eigenvalue weighted by Gasteiger charge is -2.34. The van der Waals surface area contributed by atoms with E-state index in [4.69, 9.17) is 18.2 Å². The van der Waals surface area contributed by atoms with E-state index in [1.165, 1.54) is 16.5 Å². The molecular weight excluding hydrogens is 382 g/mol.